The Kier molecular flexibility index (Phi) is 4.86. The number of nitrogens with one attached hydrogen (secondary N) is 1. The lowest BCUT2D eigenvalue weighted by Crippen LogP contribution is -2.39. The number of hydrogen-bond acceptors (Lipinski definition) is 2. The van der Waals surface area contributed by atoms with E-state index in [4.69, 9.17) is 5.11 Å². The highest BCUT2D eigenvalue weighted by molar-refractivity contribution is 5.79. The Bertz CT molecular complexity index is 119. The zero-order chi connectivity index (χ0) is 8.85. The van der Waals surface area contributed by atoms with Gasteiger partial charge in [-0.25, -0.2) is 0 Å². The van der Waals surface area contributed by atoms with Crippen molar-refractivity contribution in [3.63, 3.8) is 0 Å². The molecule has 1 amide bonds. The Hall–Kier alpha value is -0.570. The van der Waals surface area contributed by atoms with Gasteiger partial charge in [-0.15, -0.1) is 0 Å². The van der Waals surface area contributed by atoms with Crippen LogP contribution in [0.5, 0.6) is 0 Å². The number of hydrogen-bond donors (Lipinski definition) is 2. The van der Waals surface area contributed by atoms with Gasteiger partial charge in [0.05, 0.1) is 6.10 Å². The number of aliphatic hydroxyl groups excluding tert-OH is 1. The average Bonchev–Trinajstić information content (AvgIpc) is 2.01. The molecule has 0 radical (unpaired) electrons. The zero-order valence-corrected chi connectivity index (χ0v) is 7.42. The molecule has 1 saturated carbocycles. The van der Waals surface area contributed by atoms with Crippen LogP contribution < -0.4 is 5.32 Å². The van der Waals surface area contributed by atoms with Crippen LogP contribution in [-0.4, -0.2) is 24.2 Å². The SMILES string of the molecule is CC.CNC(=O)C1CC(O)C1. The van der Waals surface area contributed by atoms with Gasteiger partial charge in [-0.2, -0.15) is 0 Å². The molecule has 0 spiro atoms. The third kappa shape index (κ3) is 2.89. The second kappa shape index (κ2) is 5.13. The van der Waals surface area contributed by atoms with E-state index in [0.717, 1.165) is 0 Å². The molecule has 66 valence electrons. The van der Waals surface area contributed by atoms with Crippen molar-refractivity contribution >= 4 is 5.91 Å². The first-order chi connectivity index (χ1) is 5.24. The Morgan fingerprint density at radius 3 is 2.18 bits per heavy atom. The minimum absolute atomic E-state index is 0.0558. The molecule has 0 atom stereocenters. The van der Waals surface area contributed by atoms with Crippen molar-refractivity contribution in [2.75, 3.05) is 7.05 Å². The normalized spacial score (nSPS) is 27.6. The van der Waals surface area contributed by atoms with E-state index < -0.39 is 0 Å². The molecule has 0 bridgehead atoms. The average molecular weight is 159 g/mol. The molecule has 3 heteroatoms. The monoisotopic (exact) mass is 159 g/mol. The molecule has 1 aliphatic carbocycles. The molecular formula is C8H17NO2. The van der Waals surface area contributed by atoms with Gasteiger partial charge in [-0.1, -0.05) is 13.8 Å². The van der Waals surface area contributed by atoms with E-state index in [1.807, 2.05) is 13.8 Å². The predicted octanol–water partition coefficient (Wildman–Crippen LogP) is 0.529. The summed E-state index contributed by atoms with van der Waals surface area (Å²) in [6, 6.07) is 0. The van der Waals surface area contributed by atoms with Gasteiger partial charge in [0.15, 0.2) is 0 Å². The summed E-state index contributed by atoms with van der Waals surface area (Å²) in [4.78, 5) is 10.7. The number of carbonyl (C=O) groups excluding carboxylic acids is 1. The van der Waals surface area contributed by atoms with Crippen molar-refractivity contribution in [2.24, 2.45) is 5.92 Å². The number of amides is 1. The molecule has 0 aliphatic heterocycles. The van der Waals surface area contributed by atoms with E-state index in [2.05, 4.69) is 5.32 Å². The van der Waals surface area contributed by atoms with Crippen molar-refractivity contribution in [3.05, 3.63) is 0 Å². The van der Waals surface area contributed by atoms with Gasteiger partial charge in [0.1, 0.15) is 0 Å². The summed E-state index contributed by atoms with van der Waals surface area (Å²) < 4.78 is 0. The summed E-state index contributed by atoms with van der Waals surface area (Å²) in [6.07, 6.45) is 1.05. The third-order valence-electron chi connectivity index (χ3n) is 1.73. The number of carbonyl (C=O) groups is 1. The number of aliphatic hydroxyl groups is 1. The summed E-state index contributed by atoms with van der Waals surface area (Å²) in [7, 11) is 1.62. The first-order valence-electron chi connectivity index (χ1n) is 4.13. The van der Waals surface area contributed by atoms with Crippen LogP contribution in [0.25, 0.3) is 0 Å². The minimum Gasteiger partial charge on any atom is -0.393 e. The van der Waals surface area contributed by atoms with Crippen LogP contribution in [0.4, 0.5) is 0 Å². The van der Waals surface area contributed by atoms with E-state index in [1.54, 1.807) is 7.05 Å². The third-order valence-corrected chi connectivity index (χ3v) is 1.73. The first kappa shape index (κ1) is 10.4. The lowest BCUT2D eigenvalue weighted by molar-refractivity contribution is -0.130. The number of rotatable bonds is 1. The molecule has 0 aromatic heterocycles. The second-order valence-electron chi connectivity index (χ2n) is 2.44. The molecule has 11 heavy (non-hydrogen) atoms. The first-order valence-corrected chi connectivity index (χ1v) is 4.13. The van der Waals surface area contributed by atoms with E-state index >= 15 is 0 Å². The van der Waals surface area contributed by atoms with Gasteiger partial charge in [0.2, 0.25) is 5.91 Å². The second-order valence-corrected chi connectivity index (χ2v) is 2.44. The van der Waals surface area contributed by atoms with Gasteiger partial charge in [0, 0.05) is 13.0 Å². The van der Waals surface area contributed by atoms with Gasteiger partial charge in [-0.3, -0.25) is 4.79 Å². The standard InChI is InChI=1S/C6H11NO2.C2H6/c1-7-6(9)4-2-5(8)3-4;1-2/h4-5,8H,2-3H2,1H3,(H,7,9);1-2H3. The molecule has 2 N–H and O–H groups in total. The lowest BCUT2D eigenvalue weighted by atomic mass is 9.82. The van der Waals surface area contributed by atoms with E-state index in [9.17, 15) is 4.79 Å². The van der Waals surface area contributed by atoms with Crippen molar-refractivity contribution in [1.29, 1.82) is 0 Å². The smallest absolute Gasteiger partial charge is 0.223 e. The van der Waals surface area contributed by atoms with E-state index in [0.29, 0.717) is 12.8 Å². The highest BCUT2D eigenvalue weighted by Crippen LogP contribution is 2.26. The quantitative estimate of drug-likeness (QED) is 0.586. The van der Waals surface area contributed by atoms with Gasteiger partial charge in [0.25, 0.3) is 0 Å². The molecule has 1 aliphatic rings. The predicted molar refractivity (Wildman–Crippen MR) is 44.1 cm³/mol. The molecule has 0 aromatic rings. The van der Waals surface area contributed by atoms with Crippen LogP contribution in [0.1, 0.15) is 26.7 Å². The maximum atomic E-state index is 10.7. The summed E-state index contributed by atoms with van der Waals surface area (Å²) in [6.45, 7) is 4.00. The fraction of sp³-hybridized carbons (Fsp3) is 0.875. The molecule has 0 saturated heterocycles. The topological polar surface area (TPSA) is 49.3 Å². The van der Waals surface area contributed by atoms with Crippen molar-refractivity contribution in [1.82, 2.24) is 5.32 Å². The summed E-state index contributed by atoms with van der Waals surface area (Å²) in [5.41, 5.74) is 0. The molecule has 1 rings (SSSR count). The van der Waals surface area contributed by atoms with Crippen molar-refractivity contribution in [2.45, 2.75) is 32.8 Å². The van der Waals surface area contributed by atoms with Crippen molar-refractivity contribution < 1.29 is 9.90 Å². The van der Waals surface area contributed by atoms with Gasteiger partial charge >= 0.3 is 0 Å². The summed E-state index contributed by atoms with van der Waals surface area (Å²) >= 11 is 0. The Morgan fingerprint density at radius 2 is 1.91 bits per heavy atom. The zero-order valence-electron chi connectivity index (χ0n) is 7.42. The van der Waals surface area contributed by atoms with Crippen molar-refractivity contribution in [3.8, 4) is 0 Å². The maximum Gasteiger partial charge on any atom is 0.223 e. The Balaban J connectivity index is 0.000000461. The molecule has 3 nitrogen and oxygen atoms in total. The molecule has 0 heterocycles. The highest BCUT2D eigenvalue weighted by atomic mass is 16.3. The Morgan fingerprint density at radius 1 is 1.45 bits per heavy atom. The largest absolute Gasteiger partial charge is 0.393 e. The molecule has 0 aromatic carbocycles. The molecule has 0 unspecified atom stereocenters. The Labute approximate surface area is 67.8 Å². The lowest BCUT2D eigenvalue weighted by Gasteiger charge is -2.29. The van der Waals surface area contributed by atoms with Gasteiger partial charge < -0.3 is 10.4 Å². The van der Waals surface area contributed by atoms with Crippen LogP contribution in [0.3, 0.4) is 0 Å². The van der Waals surface area contributed by atoms with E-state index in [-0.39, 0.29) is 17.9 Å². The van der Waals surface area contributed by atoms with Crippen LogP contribution >= 0.6 is 0 Å². The molecule has 1 fully saturated rings. The van der Waals surface area contributed by atoms with Crippen LogP contribution in [0, 0.1) is 5.92 Å². The summed E-state index contributed by atoms with van der Waals surface area (Å²) in [5.74, 6) is 0.130. The van der Waals surface area contributed by atoms with Gasteiger partial charge in [-0.05, 0) is 12.8 Å². The van der Waals surface area contributed by atoms with Crippen LogP contribution in [0.15, 0.2) is 0 Å². The fourth-order valence-electron chi connectivity index (χ4n) is 1.01. The van der Waals surface area contributed by atoms with E-state index in [1.165, 1.54) is 0 Å². The summed E-state index contributed by atoms with van der Waals surface area (Å²) in [5, 5.41) is 11.3. The maximum absolute atomic E-state index is 10.7. The minimum atomic E-state index is -0.229. The van der Waals surface area contributed by atoms with Crippen LogP contribution in [0.2, 0.25) is 0 Å². The fourth-order valence-corrected chi connectivity index (χ4v) is 1.01. The molecular weight excluding hydrogens is 142 g/mol. The van der Waals surface area contributed by atoms with Crippen LogP contribution in [-0.2, 0) is 4.79 Å². The highest BCUT2D eigenvalue weighted by Gasteiger charge is 2.32.